The SMILES string of the molecule is Cc1c(C(=O)OC[C@H]2OC(O)[C@H](O)[C@@H]2O)nnn1Cc1ccccc1. The van der Waals surface area contributed by atoms with E-state index in [1.54, 1.807) is 11.6 Å². The van der Waals surface area contributed by atoms with Crippen molar-refractivity contribution in [2.45, 2.75) is 38.1 Å². The zero-order valence-corrected chi connectivity index (χ0v) is 13.5. The molecule has 1 fully saturated rings. The summed E-state index contributed by atoms with van der Waals surface area (Å²) in [7, 11) is 0. The van der Waals surface area contributed by atoms with Gasteiger partial charge in [-0.25, -0.2) is 9.48 Å². The molecule has 9 heteroatoms. The Morgan fingerprint density at radius 3 is 2.60 bits per heavy atom. The van der Waals surface area contributed by atoms with Gasteiger partial charge in [-0.15, -0.1) is 5.10 Å². The molecular weight excluding hydrogens is 330 g/mol. The first-order valence-electron chi connectivity index (χ1n) is 7.78. The van der Waals surface area contributed by atoms with Gasteiger partial charge in [-0.2, -0.15) is 0 Å². The molecule has 1 aromatic carbocycles. The van der Waals surface area contributed by atoms with E-state index in [2.05, 4.69) is 10.3 Å². The maximum absolute atomic E-state index is 12.2. The highest BCUT2D eigenvalue weighted by Gasteiger charge is 2.42. The molecule has 1 aromatic heterocycles. The van der Waals surface area contributed by atoms with Crippen LogP contribution in [0.1, 0.15) is 21.7 Å². The van der Waals surface area contributed by atoms with E-state index < -0.39 is 30.6 Å². The van der Waals surface area contributed by atoms with Crippen LogP contribution in [0.5, 0.6) is 0 Å². The minimum absolute atomic E-state index is 0.0597. The highest BCUT2D eigenvalue weighted by atomic mass is 16.7. The lowest BCUT2D eigenvalue weighted by molar-refractivity contribution is -0.133. The van der Waals surface area contributed by atoms with Crippen molar-refractivity contribution in [3.63, 3.8) is 0 Å². The minimum Gasteiger partial charge on any atom is -0.458 e. The Balaban J connectivity index is 1.61. The van der Waals surface area contributed by atoms with Crippen molar-refractivity contribution in [1.82, 2.24) is 15.0 Å². The molecule has 9 nitrogen and oxygen atoms in total. The van der Waals surface area contributed by atoms with E-state index in [0.29, 0.717) is 12.2 Å². The first kappa shape index (κ1) is 17.5. The van der Waals surface area contributed by atoms with E-state index >= 15 is 0 Å². The summed E-state index contributed by atoms with van der Waals surface area (Å²) in [6.45, 7) is 1.85. The molecule has 134 valence electrons. The molecule has 2 heterocycles. The summed E-state index contributed by atoms with van der Waals surface area (Å²) < 4.78 is 11.6. The van der Waals surface area contributed by atoms with Gasteiger partial charge in [-0.3, -0.25) is 0 Å². The van der Waals surface area contributed by atoms with Crippen molar-refractivity contribution < 1.29 is 29.6 Å². The van der Waals surface area contributed by atoms with Gasteiger partial charge in [0.25, 0.3) is 0 Å². The van der Waals surface area contributed by atoms with E-state index in [-0.39, 0.29) is 12.3 Å². The van der Waals surface area contributed by atoms with Gasteiger partial charge in [0.2, 0.25) is 0 Å². The van der Waals surface area contributed by atoms with Crippen molar-refractivity contribution in [2.24, 2.45) is 0 Å². The summed E-state index contributed by atoms with van der Waals surface area (Å²) in [5.41, 5.74) is 1.62. The van der Waals surface area contributed by atoms with Crippen molar-refractivity contribution >= 4 is 5.97 Å². The number of carbonyl (C=O) groups excluding carboxylic acids is 1. The van der Waals surface area contributed by atoms with Crippen LogP contribution in [0.3, 0.4) is 0 Å². The van der Waals surface area contributed by atoms with E-state index in [1.807, 2.05) is 30.3 Å². The molecule has 4 atom stereocenters. The van der Waals surface area contributed by atoms with Crippen LogP contribution < -0.4 is 0 Å². The summed E-state index contributed by atoms with van der Waals surface area (Å²) in [6, 6.07) is 9.61. The number of aliphatic hydroxyl groups excluding tert-OH is 3. The molecule has 3 N–H and O–H groups in total. The molecule has 25 heavy (non-hydrogen) atoms. The van der Waals surface area contributed by atoms with Gasteiger partial charge in [-0.1, -0.05) is 35.5 Å². The molecule has 1 unspecified atom stereocenters. The van der Waals surface area contributed by atoms with Crippen molar-refractivity contribution in [1.29, 1.82) is 0 Å². The van der Waals surface area contributed by atoms with Crippen LogP contribution in [0.2, 0.25) is 0 Å². The molecule has 2 aromatic rings. The van der Waals surface area contributed by atoms with Gasteiger partial charge >= 0.3 is 5.97 Å². The van der Waals surface area contributed by atoms with E-state index in [1.165, 1.54) is 0 Å². The first-order valence-corrected chi connectivity index (χ1v) is 7.78. The zero-order chi connectivity index (χ0) is 18.0. The number of ether oxygens (including phenoxy) is 2. The maximum atomic E-state index is 12.2. The molecule has 0 radical (unpaired) electrons. The summed E-state index contributed by atoms with van der Waals surface area (Å²) in [4.78, 5) is 12.2. The normalized spacial score (nSPS) is 25.9. The number of aliphatic hydroxyl groups is 3. The largest absolute Gasteiger partial charge is 0.458 e. The second-order valence-corrected chi connectivity index (χ2v) is 5.81. The smallest absolute Gasteiger partial charge is 0.360 e. The molecule has 0 amide bonds. The van der Waals surface area contributed by atoms with E-state index in [9.17, 15) is 20.1 Å². The summed E-state index contributed by atoms with van der Waals surface area (Å²) >= 11 is 0. The average molecular weight is 349 g/mol. The molecule has 0 bridgehead atoms. The second kappa shape index (κ2) is 7.28. The molecule has 0 aliphatic carbocycles. The lowest BCUT2D eigenvalue weighted by atomic mass is 10.1. The molecule has 1 aliphatic rings. The average Bonchev–Trinajstić information content (AvgIpc) is 3.09. The topological polar surface area (TPSA) is 127 Å². The highest BCUT2D eigenvalue weighted by Crippen LogP contribution is 2.20. The Bertz CT molecular complexity index is 735. The van der Waals surface area contributed by atoms with Gasteiger partial charge < -0.3 is 24.8 Å². The summed E-state index contributed by atoms with van der Waals surface area (Å²) in [5, 5.41) is 36.2. The molecule has 1 saturated heterocycles. The van der Waals surface area contributed by atoms with Crippen LogP contribution in [0.4, 0.5) is 0 Å². The predicted molar refractivity (Wildman–Crippen MR) is 83.5 cm³/mol. The number of aromatic nitrogens is 3. The van der Waals surface area contributed by atoms with Gasteiger partial charge in [0.1, 0.15) is 24.9 Å². The lowest BCUT2D eigenvalue weighted by Crippen LogP contribution is -2.34. The molecule has 3 rings (SSSR count). The lowest BCUT2D eigenvalue weighted by Gasteiger charge is -2.13. The van der Waals surface area contributed by atoms with Crippen LogP contribution >= 0.6 is 0 Å². The first-order chi connectivity index (χ1) is 12.0. The molecular formula is C16H19N3O6. The van der Waals surface area contributed by atoms with Crippen molar-refractivity contribution in [3.8, 4) is 0 Å². The second-order valence-electron chi connectivity index (χ2n) is 5.81. The van der Waals surface area contributed by atoms with Crippen molar-refractivity contribution in [2.75, 3.05) is 6.61 Å². The number of esters is 1. The Morgan fingerprint density at radius 2 is 1.96 bits per heavy atom. The third kappa shape index (κ3) is 3.69. The molecule has 0 spiro atoms. The number of hydrogen-bond acceptors (Lipinski definition) is 8. The minimum atomic E-state index is -1.51. The fraction of sp³-hybridized carbons (Fsp3) is 0.438. The Hall–Kier alpha value is -2.33. The highest BCUT2D eigenvalue weighted by molar-refractivity contribution is 5.88. The number of hydrogen-bond donors (Lipinski definition) is 3. The predicted octanol–water partition coefficient (Wildman–Crippen LogP) is -0.769. The molecule has 1 aliphatic heterocycles. The van der Waals surface area contributed by atoms with Gasteiger partial charge in [-0.05, 0) is 12.5 Å². The number of carbonyl (C=O) groups is 1. The number of nitrogens with zero attached hydrogens (tertiary/aromatic N) is 3. The molecule has 0 saturated carbocycles. The Kier molecular flexibility index (Phi) is 5.09. The Labute approximate surface area is 143 Å². The van der Waals surface area contributed by atoms with E-state index in [4.69, 9.17) is 9.47 Å². The maximum Gasteiger partial charge on any atom is 0.360 e. The fourth-order valence-corrected chi connectivity index (χ4v) is 2.55. The quantitative estimate of drug-likeness (QED) is 0.601. The standard InChI is InChI=1S/C16H19N3O6/c1-9-12(17-18-19(9)7-10-5-3-2-4-6-10)15(22)24-8-11-13(20)14(21)16(23)25-11/h2-6,11,13-14,16,20-21,23H,7-8H2,1H3/t11-,13-,14-,16?/m1/s1. The van der Waals surface area contributed by atoms with Crippen molar-refractivity contribution in [3.05, 3.63) is 47.3 Å². The summed E-state index contributed by atoms with van der Waals surface area (Å²) in [6.07, 6.45) is -5.28. The van der Waals surface area contributed by atoms with Gasteiger partial charge in [0, 0.05) is 0 Å². The number of benzene rings is 1. The third-order valence-corrected chi connectivity index (χ3v) is 4.07. The monoisotopic (exact) mass is 349 g/mol. The van der Waals surface area contributed by atoms with Crippen LogP contribution in [0.15, 0.2) is 30.3 Å². The van der Waals surface area contributed by atoms with Crippen LogP contribution in [0.25, 0.3) is 0 Å². The van der Waals surface area contributed by atoms with Crippen LogP contribution in [-0.2, 0) is 16.0 Å². The van der Waals surface area contributed by atoms with Crippen LogP contribution in [0, 0.1) is 6.92 Å². The van der Waals surface area contributed by atoms with Gasteiger partial charge in [0.15, 0.2) is 12.0 Å². The van der Waals surface area contributed by atoms with Crippen LogP contribution in [-0.4, -0.2) is 67.5 Å². The summed E-state index contributed by atoms with van der Waals surface area (Å²) in [5.74, 6) is -0.719. The fourth-order valence-electron chi connectivity index (χ4n) is 2.55. The zero-order valence-electron chi connectivity index (χ0n) is 13.5. The van der Waals surface area contributed by atoms with E-state index in [0.717, 1.165) is 5.56 Å². The van der Waals surface area contributed by atoms with Gasteiger partial charge in [0.05, 0.1) is 12.2 Å². The Morgan fingerprint density at radius 1 is 1.24 bits per heavy atom. The third-order valence-electron chi connectivity index (χ3n) is 4.07. The number of rotatable bonds is 5.